The van der Waals surface area contributed by atoms with Gasteiger partial charge in [-0.1, -0.05) is 30.4 Å². The highest BCUT2D eigenvalue weighted by molar-refractivity contribution is 7.09. The Morgan fingerprint density at radius 2 is 2.27 bits per heavy atom. The van der Waals surface area contributed by atoms with E-state index in [1.807, 2.05) is 13.0 Å². The first-order chi connectivity index (χ1) is 7.20. The molecule has 0 unspecified atom stereocenters. The summed E-state index contributed by atoms with van der Waals surface area (Å²) in [5.41, 5.74) is 1.67. The molecule has 2 N–H and O–H groups in total. The first-order valence-corrected chi connectivity index (χ1v) is 5.53. The van der Waals surface area contributed by atoms with Crippen LogP contribution >= 0.6 is 11.3 Å². The van der Waals surface area contributed by atoms with Crippen molar-refractivity contribution in [3.63, 3.8) is 0 Å². The number of aromatic hydroxyl groups is 1. The highest BCUT2D eigenvalue weighted by atomic mass is 32.1. The van der Waals surface area contributed by atoms with Gasteiger partial charge in [-0.05, 0) is 18.6 Å². The van der Waals surface area contributed by atoms with Gasteiger partial charge < -0.3 is 10.1 Å². The molecule has 0 radical (unpaired) electrons. The third kappa shape index (κ3) is 1.94. The highest BCUT2D eigenvalue weighted by Gasteiger charge is 2.08. The van der Waals surface area contributed by atoms with Crippen LogP contribution < -0.4 is 4.87 Å². The van der Waals surface area contributed by atoms with Crippen LogP contribution in [0.2, 0.25) is 0 Å². The number of aromatic nitrogens is 1. The number of hydrogen-bond donors (Lipinski definition) is 2. The number of H-pyrrole nitrogens is 1. The molecule has 2 rings (SSSR count). The SMILES string of the molecule is CCc1sc(=O)[nH]c1-c1cccc(O)c1. The van der Waals surface area contributed by atoms with Gasteiger partial charge in [-0.2, -0.15) is 0 Å². The van der Waals surface area contributed by atoms with Crippen LogP contribution in [0.15, 0.2) is 29.1 Å². The zero-order valence-electron chi connectivity index (χ0n) is 8.28. The molecule has 0 fully saturated rings. The average molecular weight is 221 g/mol. The maximum absolute atomic E-state index is 11.2. The molecule has 0 amide bonds. The van der Waals surface area contributed by atoms with Crippen molar-refractivity contribution in [2.75, 3.05) is 0 Å². The maximum Gasteiger partial charge on any atom is 0.305 e. The number of thiazole rings is 1. The summed E-state index contributed by atoms with van der Waals surface area (Å²) >= 11 is 1.22. The first-order valence-electron chi connectivity index (χ1n) is 4.72. The Labute approximate surface area is 91.0 Å². The molecule has 0 saturated carbocycles. The zero-order chi connectivity index (χ0) is 10.8. The van der Waals surface area contributed by atoms with E-state index in [0.29, 0.717) is 0 Å². The summed E-state index contributed by atoms with van der Waals surface area (Å²) in [7, 11) is 0. The van der Waals surface area contributed by atoms with Gasteiger partial charge in [-0.15, -0.1) is 0 Å². The van der Waals surface area contributed by atoms with E-state index in [0.717, 1.165) is 22.6 Å². The fraction of sp³-hybridized carbons (Fsp3) is 0.182. The molecule has 0 bridgehead atoms. The van der Waals surface area contributed by atoms with Crippen LogP contribution in [0.5, 0.6) is 5.75 Å². The van der Waals surface area contributed by atoms with Gasteiger partial charge in [0.25, 0.3) is 0 Å². The highest BCUT2D eigenvalue weighted by Crippen LogP contribution is 2.26. The van der Waals surface area contributed by atoms with Crippen molar-refractivity contribution < 1.29 is 5.11 Å². The van der Waals surface area contributed by atoms with Gasteiger partial charge in [-0.25, -0.2) is 0 Å². The third-order valence-electron chi connectivity index (χ3n) is 2.18. The molecule has 4 heteroatoms. The number of hydrogen-bond acceptors (Lipinski definition) is 3. The fourth-order valence-corrected chi connectivity index (χ4v) is 2.30. The summed E-state index contributed by atoms with van der Waals surface area (Å²) < 4.78 is 0. The number of aromatic amines is 1. The van der Waals surface area contributed by atoms with Crippen LogP contribution in [0.1, 0.15) is 11.8 Å². The van der Waals surface area contributed by atoms with E-state index in [1.165, 1.54) is 11.3 Å². The van der Waals surface area contributed by atoms with Gasteiger partial charge in [0.2, 0.25) is 0 Å². The van der Waals surface area contributed by atoms with Gasteiger partial charge in [0, 0.05) is 10.4 Å². The Hall–Kier alpha value is -1.55. The van der Waals surface area contributed by atoms with E-state index in [4.69, 9.17) is 0 Å². The van der Waals surface area contributed by atoms with Crippen LogP contribution in [0.25, 0.3) is 11.3 Å². The molecule has 0 aliphatic heterocycles. The zero-order valence-corrected chi connectivity index (χ0v) is 9.10. The molecule has 0 atom stereocenters. The van der Waals surface area contributed by atoms with Gasteiger partial charge >= 0.3 is 4.87 Å². The second kappa shape index (κ2) is 3.90. The van der Waals surface area contributed by atoms with Crippen LogP contribution in [0.3, 0.4) is 0 Å². The number of rotatable bonds is 2. The molecule has 0 aliphatic rings. The van der Waals surface area contributed by atoms with E-state index >= 15 is 0 Å². The van der Waals surface area contributed by atoms with Crippen molar-refractivity contribution in [2.45, 2.75) is 13.3 Å². The minimum absolute atomic E-state index is 0.0507. The molecule has 15 heavy (non-hydrogen) atoms. The first kappa shape index (κ1) is 9.98. The Morgan fingerprint density at radius 3 is 2.93 bits per heavy atom. The van der Waals surface area contributed by atoms with Crippen molar-refractivity contribution in [1.29, 1.82) is 0 Å². The van der Waals surface area contributed by atoms with E-state index in [-0.39, 0.29) is 10.6 Å². The van der Waals surface area contributed by atoms with E-state index in [9.17, 15) is 9.90 Å². The van der Waals surface area contributed by atoms with Gasteiger partial charge in [0.05, 0.1) is 5.69 Å². The summed E-state index contributed by atoms with van der Waals surface area (Å²) in [4.78, 5) is 15.0. The van der Waals surface area contributed by atoms with Crippen LogP contribution in [-0.4, -0.2) is 10.1 Å². The summed E-state index contributed by atoms with van der Waals surface area (Å²) in [6, 6.07) is 6.90. The number of aryl methyl sites for hydroxylation is 1. The second-order valence-corrected chi connectivity index (χ2v) is 4.28. The molecule has 1 aromatic heterocycles. The van der Waals surface area contributed by atoms with Gasteiger partial charge in [-0.3, -0.25) is 4.79 Å². The molecule has 3 nitrogen and oxygen atoms in total. The Morgan fingerprint density at radius 1 is 1.47 bits per heavy atom. The molecule has 78 valence electrons. The molecule has 1 heterocycles. The number of phenols is 1. The molecule has 0 spiro atoms. The molecule has 0 saturated heterocycles. The van der Waals surface area contributed by atoms with Gasteiger partial charge in [0.1, 0.15) is 5.75 Å². The smallest absolute Gasteiger partial charge is 0.305 e. The summed E-state index contributed by atoms with van der Waals surface area (Å²) in [6.45, 7) is 2.01. The van der Waals surface area contributed by atoms with Crippen molar-refractivity contribution in [3.8, 4) is 17.0 Å². The molecule has 1 aromatic carbocycles. The van der Waals surface area contributed by atoms with E-state index in [2.05, 4.69) is 4.98 Å². The topological polar surface area (TPSA) is 53.1 Å². The quantitative estimate of drug-likeness (QED) is 0.818. The molecule has 0 aliphatic carbocycles. The lowest BCUT2D eigenvalue weighted by Gasteiger charge is -2.01. The minimum Gasteiger partial charge on any atom is -0.508 e. The number of nitrogens with one attached hydrogen (secondary N) is 1. The van der Waals surface area contributed by atoms with Crippen LogP contribution in [0.4, 0.5) is 0 Å². The van der Waals surface area contributed by atoms with Gasteiger partial charge in [0.15, 0.2) is 0 Å². The standard InChI is InChI=1S/C11H11NO2S/c1-2-9-10(12-11(14)15-9)7-4-3-5-8(13)6-7/h3-6,13H,2H2,1H3,(H,12,14). The van der Waals surface area contributed by atoms with Crippen molar-refractivity contribution >= 4 is 11.3 Å². The molecular formula is C11H11NO2S. The fourth-order valence-electron chi connectivity index (χ4n) is 1.50. The Balaban J connectivity index is 2.57. The number of phenolic OH excluding ortho intramolecular Hbond substituents is 1. The molecular weight excluding hydrogens is 210 g/mol. The van der Waals surface area contributed by atoms with E-state index < -0.39 is 0 Å². The third-order valence-corrected chi connectivity index (χ3v) is 3.20. The average Bonchev–Trinajstić information content (AvgIpc) is 2.59. The normalized spacial score (nSPS) is 10.5. The Bertz CT molecular complexity index is 527. The summed E-state index contributed by atoms with van der Waals surface area (Å²) in [6.07, 6.45) is 0.814. The predicted octanol–water partition coefficient (Wildman–Crippen LogP) is 2.37. The second-order valence-electron chi connectivity index (χ2n) is 3.22. The van der Waals surface area contributed by atoms with Crippen LogP contribution in [-0.2, 0) is 6.42 Å². The number of benzene rings is 1. The van der Waals surface area contributed by atoms with E-state index in [1.54, 1.807) is 18.2 Å². The van der Waals surface area contributed by atoms with Crippen molar-refractivity contribution in [1.82, 2.24) is 4.98 Å². The maximum atomic E-state index is 11.2. The largest absolute Gasteiger partial charge is 0.508 e. The Kier molecular flexibility index (Phi) is 2.60. The van der Waals surface area contributed by atoms with Crippen molar-refractivity contribution in [2.24, 2.45) is 0 Å². The molecule has 2 aromatic rings. The monoisotopic (exact) mass is 221 g/mol. The summed E-state index contributed by atoms with van der Waals surface area (Å²) in [5, 5.41) is 9.36. The minimum atomic E-state index is -0.0507. The van der Waals surface area contributed by atoms with Crippen molar-refractivity contribution in [3.05, 3.63) is 38.8 Å². The lowest BCUT2D eigenvalue weighted by Crippen LogP contribution is -1.92. The lowest BCUT2D eigenvalue weighted by atomic mass is 10.1. The van der Waals surface area contributed by atoms with Crippen LogP contribution in [0, 0.1) is 0 Å². The lowest BCUT2D eigenvalue weighted by molar-refractivity contribution is 0.475. The summed E-state index contributed by atoms with van der Waals surface area (Å²) in [5.74, 6) is 0.210. The predicted molar refractivity (Wildman–Crippen MR) is 61.4 cm³/mol.